The molecule has 2 heterocycles. The van der Waals surface area contributed by atoms with E-state index >= 15 is 0 Å². The van der Waals surface area contributed by atoms with Crippen LogP contribution < -0.4 is 10.1 Å². The molecule has 49 heavy (non-hydrogen) atoms. The van der Waals surface area contributed by atoms with Gasteiger partial charge in [-0.25, -0.2) is 4.84 Å². The van der Waals surface area contributed by atoms with E-state index in [1.165, 1.54) is 0 Å². The molecule has 0 saturated carbocycles. The number of nitrogens with zero attached hydrogens (tertiary/aromatic N) is 6. The molecule has 0 radical (unpaired) electrons. The molecule has 0 aliphatic rings. The monoisotopic (exact) mass is 664 g/mol. The number of tetrazole rings is 1. The van der Waals surface area contributed by atoms with Crippen LogP contribution in [-0.2, 0) is 34.1 Å². The molecule has 4 N–H and O–H groups in total. The van der Waals surface area contributed by atoms with Gasteiger partial charge in [0, 0.05) is 5.56 Å². The number of hydrogen-bond acceptors (Lipinski definition) is 12. The van der Waals surface area contributed by atoms with E-state index in [9.17, 15) is 9.59 Å². The van der Waals surface area contributed by atoms with E-state index in [-0.39, 0.29) is 25.1 Å². The zero-order valence-electron chi connectivity index (χ0n) is 26.3. The third kappa shape index (κ3) is 7.94. The summed E-state index contributed by atoms with van der Waals surface area (Å²) in [7, 11) is 0. The van der Waals surface area contributed by atoms with E-state index in [0.29, 0.717) is 52.7 Å². The molecular formula is C34H32N8O7. The number of nitrogens with one attached hydrogen (secondary N) is 2. The molecule has 0 saturated heterocycles. The summed E-state index contributed by atoms with van der Waals surface area (Å²) in [6.45, 7) is 2.20. The van der Waals surface area contributed by atoms with Gasteiger partial charge in [0.25, 0.3) is 11.9 Å². The number of rotatable bonds is 14. The maximum Gasteiger partial charge on any atom is 0.325 e. The Kier molecular flexibility index (Phi) is 10.3. The van der Waals surface area contributed by atoms with Crippen LogP contribution in [0.15, 0.2) is 91.0 Å². The van der Waals surface area contributed by atoms with Crippen LogP contribution in [0.5, 0.6) is 6.01 Å². The molecule has 6 aromatic rings. The summed E-state index contributed by atoms with van der Waals surface area (Å²) >= 11 is 0. The molecule has 6 rings (SSSR count). The Morgan fingerprint density at radius 2 is 1.59 bits per heavy atom. The number of hydrogen-bond donors (Lipinski definition) is 4. The molecule has 1 amide bonds. The molecule has 4 aromatic carbocycles. The van der Waals surface area contributed by atoms with Crippen molar-refractivity contribution in [3.63, 3.8) is 0 Å². The number of esters is 1. The van der Waals surface area contributed by atoms with Gasteiger partial charge in [0.05, 0.1) is 41.7 Å². The van der Waals surface area contributed by atoms with Crippen molar-refractivity contribution in [2.24, 2.45) is 0 Å². The van der Waals surface area contributed by atoms with Crippen LogP contribution >= 0.6 is 0 Å². The second kappa shape index (κ2) is 15.3. The Hall–Kier alpha value is -6.00. The third-order valence-electron chi connectivity index (χ3n) is 7.53. The van der Waals surface area contributed by atoms with Crippen molar-refractivity contribution in [1.82, 2.24) is 40.9 Å². The Morgan fingerprint density at radius 1 is 0.878 bits per heavy atom. The fourth-order valence-electron chi connectivity index (χ4n) is 5.24. The van der Waals surface area contributed by atoms with Crippen molar-refractivity contribution in [3.05, 3.63) is 113 Å². The maximum atomic E-state index is 13.4. The van der Waals surface area contributed by atoms with E-state index in [2.05, 4.69) is 35.8 Å². The Morgan fingerprint density at radius 3 is 2.29 bits per heavy atom. The fourth-order valence-corrected chi connectivity index (χ4v) is 5.24. The average Bonchev–Trinajstić information content (AvgIpc) is 3.78. The Labute approximate surface area is 279 Å². The van der Waals surface area contributed by atoms with Crippen LogP contribution in [0.4, 0.5) is 0 Å². The molecule has 0 atom stereocenters. The van der Waals surface area contributed by atoms with Crippen LogP contribution in [0, 0.1) is 0 Å². The first-order valence-corrected chi connectivity index (χ1v) is 15.3. The summed E-state index contributed by atoms with van der Waals surface area (Å²) in [6, 6.07) is 28.2. The highest BCUT2D eigenvalue weighted by atomic mass is 17.1. The molecule has 250 valence electrons. The van der Waals surface area contributed by atoms with Crippen LogP contribution in [0.2, 0.25) is 0 Å². The van der Waals surface area contributed by atoms with Gasteiger partial charge < -0.3 is 14.8 Å². The molecule has 0 fully saturated rings. The summed E-state index contributed by atoms with van der Waals surface area (Å²) in [5.74, 6) is -0.581. The number of H-pyrrole nitrogens is 1. The summed E-state index contributed by atoms with van der Waals surface area (Å²) in [6.07, 6.45) is 0. The molecule has 0 spiro atoms. The standard InChI is InChI=1S/C34H32N8O7/c1-2-47-34-36-29-9-5-8-28(33(44)35-18-30(43)48-20-23-10-12-24(13-11-23)21-49-42(45)46)31(29)41(34)19-22-14-16-25(17-15-22)26-6-3-4-7-27(26)32-37-39-40-38-32/h3-17,45-46H,2,18-21H2,1H3,(H,35,44)(H,37,38,39,40). The van der Waals surface area contributed by atoms with Crippen LogP contribution in [0.3, 0.4) is 0 Å². The van der Waals surface area contributed by atoms with Crippen molar-refractivity contribution in [2.45, 2.75) is 26.7 Å². The molecule has 0 aliphatic carbocycles. The first-order chi connectivity index (χ1) is 23.9. The smallest absolute Gasteiger partial charge is 0.325 e. The maximum absolute atomic E-state index is 13.4. The molecule has 2 aromatic heterocycles. The quantitative estimate of drug-likeness (QED) is 0.0955. The minimum atomic E-state index is -0.617. The van der Waals surface area contributed by atoms with Crippen molar-refractivity contribution in [1.29, 1.82) is 0 Å². The second-order valence-corrected chi connectivity index (χ2v) is 10.8. The van der Waals surface area contributed by atoms with E-state index in [4.69, 9.17) is 19.9 Å². The number of carbonyl (C=O) groups excluding carboxylic acids is 2. The Balaban J connectivity index is 1.15. The van der Waals surface area contributed by atoms with Gasteiger partial charge in [0.1, 0.15) is 13.2 Å². The topological polar surface area (TPSA) is 190 Å². The van der Waals surface area contributed by atoms with Gasteiger partial charge in [-0.15, -0.1) is 10.2 Å². The highest BCUT2D eigenvalue weighted by molar-refractivity contribution is 6.06. The van der Waals surface area contributed by atoms with E-state index in [1.807, 2.05) is 60.0 Å². The van der Waals surface area contributed by atoms with Crippen LogP contribution in [0.25, 0.3) is 33.5 Å². The van der Waals surface area contributed by atoms with E-state index in [0.717, 1.165) is 22.3 Å². The average molecular weight is 665 g/mol. The number of fused-ring (bicyclic) bond motifs is 1. The SMILES string of the molecule is CCOc1nc2cccc(C(=O)NCC(=O)OCc3ccc(CON(O)O)cc3)c2n1Cc1ccc(-c2ccccc2-c2nn[nH]n2)cc1. The first kappa shape index (κ1) is 32.9. The third-order valence-corrected chi connectivity index (χ3v) is 7.53. The summed E-state index contributed by atoms with van der Waals surface area (Å²) in [4.78, 5) is 35.1. The zero-order chi connectivity index (χ0) is 34.2. The van der Waals surface area contributed by atoms with Gasteiger partial charge in [0.15, 0.2) is 0 Å². The lowest BCUT2D eigenvalue weighted by atomic mass is 9.98. The highest BCUT2D eigenvalue weighted by Gasteiger charge is 2.20. The van der Waals surface area contributed by atoms with Crippen LogP contribution in [0.1, 0.15) is 34.0 Å². The van der Waals surface area contributed by atoms with Crippen LogP contribution in [-0.4, -0.2) is 71.0 Å². The number of aromatic amines is 1. The first-order valence-electron chi connectivity index (χ1n) is 15.3. The Bertz CT molecular complexity index is 2030. The highest BCUT2D eigenvalue weighted by Crippen LogP contribution is 2.31. The van der Waals surface area contributed by atoms with Gasteiger partial charge in [0.2, 0.25) is 5.82 Å². The number of aromatic nitrogens is 6. The lowest BCUT2D eigenvalue weighted by Crippen LogP contribution is -2.31. The number of imidazole rings is 1. The zero-order valence-corrected chi connectivity index (χ0v) is 26.3. The van der Waals surface area contributed by atoms with Gasteiger partial charge in [-0.3, -0.25) is 24.6 Å². The predicted molar refractivity (Wildman–Crippen MR) is 174 cm³/mol. The predicted octanol–water partition coefficient (Wildman–Crippen LogP) is 4.32. The molecule has 0 unspecified atom stereocenters. The number of para-hydroxylation sites is 1. The van der Waals surface area contributed by atoms with Gasteiger partial charge in [-0.05, 0) is 52.1 Å². The minimum Gasteiger partial charge on any atom is -0.465 e. The van der Waals surface area contributed by atoms with Crippen molar-refractivity contribution >= 4 is 22.9 Å². The second-order valence-electron chi connectivity index (χ2n) is 10.8. The molecule has 15 nitrogen and oxygen atoms in total. The molecule has 0 bridgehead atoms. The lowest BCUT2D eigenvalue weighted by molar-refractivity contribution is -0.497. The van der Waals surface area contributed by atoms with Crippen molar-refractivity contribution in [3.8, 4) is 28.5 Å². The van der Waals surface area contributed by atoms with E-state index < -0.39 is 11.9 Å². The van der Waals surface area contributed by atoms with Crippen molar-refractivity contribution < 1.29 is 34.3 Å². The lowest BCUT2D eigenvalue weighted by Gasteiger charge is -2.13. The normalized spacial score (nSPS) is 11.2. The summed E-state index contributed by atoms with van der Waals surface area (Å²) in [5, 5.41) is 34.1. The van der Waals surface area contributed by atoms with Gasteiger partial charge >= 0.3 is 5.97 Å². The summed E-state index contributed by atoms with van der Waals surface area (Å²) < 4.78 is 13.0. The molecule has 0 aliphatic heterocycles. The fraction of sp³-hybridized carbons (Fsp3) is 0.176. The van der Waals surface area contributed by atoms with Gasteiger partial charge in [-0.1, -0.05) is 78.9 Å². The minimum absolute atomic E-state index is 0.0104. The summed E-state index contributed by atoms with van der Waals surface area (Å²) in [5.41, 5.74) is 6.58. The molecular weight excluding hydrogens is 632 g/mol. The number of carbonyl (C=O) groups is 2. The number of amides is 1. The number of ether oxygens (including phenoxy) is 2. The number of benzene rings is 4. The largest absolute Gasteiger partial charge is 0.465 e. The van der Waals surface area contributed by atoms with E-state index in [1.54, 1.807) is 42.5 Å². The van der Waals surface area contributed by atoms with Gasteiger partial charge in [-0.2, -0.15) is 10.2 Å². The van der Waals surface area contributed by atoms with Crippen molar-refractivity contribution in [2.75, 3.05) is 13.2 Å². The molecule has 15 heteroatoms.